The van der Waals surface area contributed by atoms with Gasteiger partial charge in [0.1, 0.15) is 0 Å². The molecule has 1 amide bonds. The maximum atomic E-state index is 13.1. The van der Waals surface area contributed by atoms with Crippen LogP contribution in [0.1, 0.15) is 27.2 Å². The summed E-state index contributed by atoms with van der Waals surface area (Å²) in [4.78, 5) is 17.1. The Hall–Kier alpha value is -2.71. The van der Waals surface area contributed by atoms with Crippen LogP contribution in [-0.2, 0) is 26.2 Å². The van der Waals surface area contributed by atoms with E-state index in [2.05, 4.69) is 15.1 Å². The molecule has 0 atom stereocenters. The zero-order chi connectivity index (χ0) is 18.3. The lowest BCUT2D eigenvalue weighted by Crippen LogP contribution is -2.39. The summed E-state index contributed by atoms with van der Waals surface area (Å²) < 4.78 is 3.73. The SMILES string of the molecule is CN(C)Cc1cnn2c1CN(C(=O)c1cnn3ccc(CN)cc13)CC2. The monoisotopic (exact) mass is 353 g/mol. The zero-order valence-electron chi connectivity index (χ0n) is 15.1. The third-order valence-electron chi connectivity index (χ3n) is 4.78. The van der Waals surface area contributed by atoms with Crippen molar-refractivity contribution in [2.24, 2.45) is 5.73 Å². The van der Waals surface area contributed by atoms with Crippen LogP contribution in [0.2, 0.25) is 0 Å². The van der Waals surface area contributed by atoms with Gasteiger partial charge < -0.3 is 15.5 Å². The molecule has 2 N–H and O–H groups in total. The number of hydrogen-bond acceptors (Lipinski definition) is 5. The molecule has 8 heteroatoms. The Morgan fingerprint density at radius 2 is 2.12 bits per heavy atom. The molecule has 0 aliphatic carbocycles. The minimum Gasteiger partial charge on any atom is -0.331 e. The minimum absolute atomic E-state index is 0.00238. The number of nitrogens with zero attached hydrogens (tertiary/aromatic N) is 6. The molecule has 0 bridgehead atoms. The van der Waals surface area contributed by atoms with Gasteiger partial charge >= 0.3 is 0 Å². The average molecular weight is 353 g/mol. The molecule has 0 saturated carbocycles. The van der Waals surface area contributed by atoms with Crippen LogP contribution in [0.15, 0.2) is 30.7 Å². The molecule has 3 aromatic rings. The number of carbonyl (C=O) groups is 1. The second-order valence-corrected chi connectivity index (χ2v) is 6.93. The van der Waals surface area contributed by atoms with Crippen LogP contribution in [0.4, 0.5) is 0 Å². The topological polar surface area (TPSA) is 84.7 Å². The maximum Gasteiger partial charge on any atom is 0.258 e. The molecule has 4 heterocycles. The minimum atomic E-state index is -0.00238. The Labute approximate surface area is 151 Å². The van der Waals surface area contributed by atoms with E-state index in [1.54, 1.807) is 10.7 Å². The summed E-state index contributed by atoms with van der Waals surface area (Å²) in [6, 6.07) is 3.85. The van der Waals surface area contributed by atoms with Crippen molar-refractivity contribution < 1.29 is 4.79 Å². The Kier molecular flexibility index (Phi) is 4.21. The number of amides is 1. The molecule has 1 aliphatic heterocycles. The largest absolute Gasteiger partial charge is 0.331 e. The summed E-state index contributed by atoms with van der Waals surface area (Å²) in [5.41, 5.74) is 10.4. The maximum absolute atomic E-state index is 13.1. The molecule has 4 rings (SSSR count). The Morgan fingerprint density at radius 3 is 2.88 bits per heavy atom. The predicted molar refractivity (Wildman–Crippen MR) is 97.4 cm³/mol. The molecule has 136 valence electrons. The molecule has 0 aromatic carbocycles. The van der Waals surface area contributed by atoms with Crippen LogP contribution in [-0.4, -0.2) is 55.7 Å². The highest BCUT2D eigenvalue weighted by Crippen LogP contribution is 2.21. The van der Waals surface area contributed by atoms with Gasteiger partial charge in [-0.25, -0.2) is 4.52 Å². The van der Waals surface area contributed by atoms with Crippen LogP contribution >= 0.6 is 0 Å². The number of rotatable bonds is 4. The van der Waals surface area contributed by atoms with Gasteiger partial charge in [-0.15, -0.1) is 0 Å². The van der Waals surface area contributed by atoms with Crippen LogP contribution in [0.5, 0.6) is 0 Å². The van der Waals surface area contributed by atoms with Crippen molar-refractivity contribution in [2.45, 2.75) is 26.2 Å². The highest BCUT2D eigenvalue weighted by atomic mass is 16.2. The van der Waals surface area contributed by atoms with Gasteiger partial charge in [-0.3, -0.25) is 9.48 Å². The lowest BCUT2D eigenvalue weighted by atomic mass is 10.1. The molecule has 0 fully saturated rings. The Morgan fingerprint density at radius 1 is 1.27 bits per heavy atom. The summed E-state index contributed by atoms with van der Waals surface area (Å²) >= 11 is 0. The van der Waals surface area contributed by atoms with Crippen molar-refractivity contribution >= 4 is 11.4 Å². The summed E-state index contributed by atoms with van der Waals surface area (Å²) in [6.07, 6.45) is 5.39. The first kappa shape index (κ1) is 16.7. The van der Waals surface area contributed by atoms with Gasteiger partial charge in [-0.05, 0) is 31.8 Å². The summed E-state index contributed by atoms with van der Waals surface area (Å²) in [7, 11) is 4.06. The van der Waals surface area contributed by atoms with Gasteiger partial charge in [-0.2, -0.15) is 10.2 Å². The third-order valence-corrected chi connectivity index (χ3v) is 4.78. The number of hydrogen-bond donors (Lipinski definition) is 1. The van der Waals surface area contributed by atoms with Crippen LogP contribution in [0, 0.1) is 0 Å². The molecule has 26 heavy (non-hydrogen) atoms. The normalized spacial score (nSPS) is 14.2. The van der Waals surface area contributed by atoms with Crippen molar-refractivity contribution in [3.05, 3.63) is 53.1 Å². The number of aromatic nitrogens is 4. The zero-order valence-corrected chi connectivity index (χ0v) is 15.1. The average Bonchev–Trinajstić information content (AvgIpc) is 3.24. The number of fused-ring (bicyclic) bond motifs is 2. The van der Waals surface area contributed by atoms with Crippen molar-refractivity contribution in [1.82, 2.24) is 29.2 Å². The number of pyridine rings is 1. The summed E-state index contributed by atoms with van der Waals surface area (Å²) in [5.74, 6) is -0.00238. The van der Waals surface area contributed by atoms with E-state index < -0.39 is 0 Å². The molecule has 0 saturated heterocycles. The van der Waals surface area contributed by atoms with E-state index in [-0.39, 0.29) is 5.91 Å². The summed E-state index contributed by atoms with van der Waals surface area (Å²) in [5, 5.41) is 8.77. The van der Waals surface area contributed by atoms with Crippen LogP contribution < -0.4 is 5.73 Å². The van der Waals surface area contributed by atoms with Gasteiger partial charge in [0.2, 0.25) is 0 Å². The molecule has 8 nitrogen and oxygen atoms in total. The molecule has 3 aromatic heterocycles. The summed E-state index contributed by atoms with van der Waals surface area (Å²) in [6.45, 7) is 3.17. The van der Waals surface area contributed by atoms with Gasteiger partial charge in [0, 0.05) is 31.4 Å². The fourth-order valence-electron chi connectivity index (χ4n) is 3.43. The Bertz CT molecular complexity index is 956. The van der Waals surface area contributed by atoms with Gasteiger partial charge in [0.25, 0.3) is 5.91 Å². The highest BCUT2D eigenvalue weighted by molar-refractivity contribution is 6.00. The first-order chi connectivity index (χ1) is 12.6. The van der Waals surface area contributed by atoms with Crippen molar-refractivity contribution in [3.63, 3.8) is 0 Å². The second kappa shape index (κ2) is 6.54. The molecular weight excluding hydrogens is 330 g/mol. The lowest BCUT2D eigenvalue weighted by Gasteiger charge is -2.28. The fourth-order valence-corrected chi connectivity index (χ4v) is 3.43. The third kappa shape index (κ3) is 2.87. The van der Waals surface area contributed by atoms with Crippen molar-refractivity contribution in [3.8, 4) is 0 Å². The van der Waals surface area contributed by atoms with E-state index in [0.717, 1.165) is 28.9 Å². The number of carbonyl (C=O) groups excluding carboxylic acids is 1. The van der Waals surface area contributed by atoms with E-state index >= 15 is 0 Å². The molecule has 0 spiro atoms. The second-order valence-electron chi connectivity index (χ2n) is 6.93. The van der Waals surface area contributed by atoms with Gasteiger partial charge in [0.05, 0.1) is 42.3 Å². The van der Waals surface area contributed by atoms with E-state index in [0.29, 0.717) is 31.7 Å². The molecule has 0 radical (unpaired) electrons. The van der Waals surface area contributed by atoms with Crippen LogP contribution in [0.3, 0.4) is 0 Å². The fraction of sp³-hybridized carbons (Fsp3) is 0.389. The standard InChI is InChI=1S/C18H23N7O/c1-22(2)11-14-9-20-25-6-5-23(12-17(14)25)18(26)15-10-21-24-4-3-13(8-19)7-16(15)24/h3-4,7,9-10H,5-6,8,11-12,19H2,1-2H3. The smallest absolute Gasteiger partial charge is 0.258 e. The first-order valence-corrected chi connectivity index (χ1v) is 8.70. The van der Waals surface area contributed by atoms with Crippen molar-refractivity contribution in [2.75, 3.05) is 20.6 Å². The van der Waals surface area contributed by atoms with Gasteiger partial charge in [-0.1, -0.05) is 0 Å². The van der Waals surface area contributed by atoms with E-state index in [1.807, 2.05) is 48.2 Å². The Balaban J connectivity index is 1.63. The number of nitrogens with two attached hydrogens (primary N) is 1. The molecular formula is C18H23N7O. The van der Waals surface area contributed by atoms with E-state index in [4.69, 9.17) is 5.73 Å². The molecule has 0 unspecified atom stereocenters. The lowest BCUT2D eigenvalue weighted by molar-refractivity contribution is 0.0707. The quantitative estimate of drug-likeness (QED) is 0.747. The highest BCUT2D eigenvalue weighted by Gasteiger charge is 2.26. The molecule has 1 aliphatic rings. The van der Waals surface area contributed by atoms with E-state index in [9.17, 15) is 4.79 Å². The van der Waals surface area contributed by atoms with Crippen LogP contribution in [0.25, 0.3) is 5.52 Å². The predicted octanol–water partition coefficient (Wildman–Crippen LogP) is 0.707. The van der Waals surface area contributed by atoms with Crippen molar-refractivity contribution in [1.29, 1.82) is 0 Å². The van der Waals surface area contributed by atoms with Gasteiger partial charge in [0.15, 0.2) is 0 Å². The van der Waals surface area contributed by atoms with E-state index in [1.165, 1.54) is 0 Å². The first-order valence-electron chi connectivity index (χ1n) is 8.70.